The van der Waals surface area contributed by atoms with Crippen LogP contribution in [0.15, 0.2) is 36.4 Å². The van der Waals surface area contributed by atoms with Crippen LogP contribution in [0.1, 0.15) is 56.7 Å². The van der Waals surface area contributed by atoms with Gasteiger partial charge < -0.3 is 15.4 Å². The molecule has 0 aliphatic carbocycles. The van der Waals surface area contributed by atoms with E-state index in [1.165, 1.54) is 5.56 Å². The van der Waals surface area contributed by atoms with E-state index >= 15 is 0 Å². The molecule has 5 nitrogen and oxygen atoms in total. The van der Waals surface area contributed by atoms with Gasteiger partial charge in [0.15, 0.2) is 0 Å². The van der Waals surface area contributed by atoms with Crippen molar-refractivity contribution in [2.45, 2.75) is 60.8 Å². The molecule has 0 saturated heterocycles. The molecule has 0 heterocycles. The van der Waals surface area contributed by atoms with Crippen LogP contribution in [0.5, 0.6) is 5.75 Å². The lowest BCUT2D eigenvalue weighted by Gasteiger charge is -2.24. The predicted molar refractivity (Wildman–Crippen MR) is 123 cm³/mol. The smallest absolute Gasteiger partial charge is 0.230 e. The summed E-state index contributed by atoms with van der Waals surface area (Å²) >= 11 is 0. The van der Waals surface area contributed by atoms with Gasteiger partial charge in [0, 0.05) is 23.2 Å². The number of carbonyl (C=O) groups excluding carboxylic acids is 2. The third kappa shape index (κ3) is 6.61. The minimum atomic E-state index is -0.539. The lowest BCUT2D eigenvalue weighted by molar-refractivity contribution is -0.124. The van der Waals surface area contributed by atoms with Gasteiger partial charge in [-0.2, -0.15) is 0 Å². The van der Waals surface area contributed by atoms with Gasteiger partial charge in [-0.25, -0.2) is 0 Å². The van der Waals surface area contributed by atoms with Gasteiger partial charge in [0.25, 0.3) is 0 Å². The van der Waals surface area contributed by atoms with Crippen LogP contribution in [0.3, 0.4) is 0 Å². The Morgan fingerprint density at radius 2 is 1.67 bits per heavy atom. The largest absolute Gasteiger partial charge is 0.493 e. The maximum atomic E-state index is 12.8. The van der Waals surface area contributed by atoms with Crippen LogP contribution in [0, 0.1) is 26.2 Å². The molecule has 0 spiro atoms. The molecule has 2 amide bonds. The van der Waals surface area contributed by atoms with Crippen molar-refractivity contribution < 1.29 is 14.3 Å². The molecule has 0 aliphatic heterocycles. The van der Waals surface area contributed by atoms with Gasteiger partial charge in [0.05, 0.1) is 6.61 Å². The van der Waals surface area contributed by atoms with E-state index in [0.29, 0.717) is 25.1 Å². The number of nitrogens with one attached hydrogen (secondary N) is 2. The molecule has 0 unspecified atom stereocenters. The quantitative estimate of drug-likeness (QED) is 0.515. The summed E-state index contributed by atoms with van der Waals surface area (Å²) in [6.45, 7) is 12.3. The minimum Gasteiger partial charge on any atom is -0.493 e. The zero-order valence-electron chi connectivity index (χ0n) is 19.0. The van der Waals surface area contributed by atoms with Gasteiger partial charge in [0.2, 0.25) is 11.8 Å². The Morgan fingerprint density at radius 1 is 0.967 bits per heavy atom. The highest BCUT2D eigenvalue weighted by Gasteiger charge is 2.27. The van der Waals surface area contributed by atoms with E-state index in [9.17, 15) is 9.59 Å². The summed E-state index contributed by atoms with van der Waals surface area (Å²) in [5.41, 5.74) is 4.10. The molecule has 0 bridgehead atoms. The fraction of sp³-hybridized carbons (Fsp3) is 0.440. The van der Waals surface area contributed by atoms with Crippen LogP contribution in [0.4, 0.5) is 11.4 Å². The van der Waals surface area contributed by atoms with Crippen molar-refractivity contribution in [3.05, 3.63) is 53.1 Å². The third-order valence-corrected chi connectivity index (χ3v) is 5.25. The molecule has 2 rings (SSSR count). The highest BCUT2D eigenvalue weighted by Crippen LogP contribution is 2.27. The average molecular weight is 411 g/mol. The Kier molecular flexibility index (Phi) is 8.04. The van der Waals surface area contributed by atoms with E-state index in [4.69, 9.17) is 4.74 Å². The van der Waals surface area contributed by atoms with Crippen LogP contribution in [0.25, 0.3) is 0 Å². The summed E-state index contributed by atoms with van der Waals surface area (Å²) < 4.78 is 5.92. The zero-order valence-corrected chi connectivity index (χ0v) is 19.0. The fourth-order valence-electron chi connectivity index (χ4n) is 3.05. The number of aryl methyl sites for hydroxylation is 3. The Labute approximate surface area is 180 Å². The molecule has 30 heavy (non-hydrogen) atoms. The number of anilines is 2. The van der Waals surface area contributed by atoms with Crippen molar-refractivity contribution >= 4 is 23.2 Å². The maximum Gasteiger partial charge on any atom is 0.230 e. The molecule has 0 fully saturated rings. The van der Waals surface area contributed by atoms with Gasteiger partial charge in [-0.3, -0.25) is 9.59 Å². The highest BCUT2D eigenvalue weighted by molar-refractivity contribution is 5.96. The van der Waals surface area contributed by atoms with E-state index in [1.54, 1.807) is 6.07 Å². The number of benzene rings is 2. The lowest BCUT2D eigenvalue weighted by Crippen LogP contribution is -2.31. The van der Waals surface area contributed by atoms with Gasteiger partial charge in [0.1, 0.15) is 5.75 Å². The van der Waals surface area contributed by atoms with Gasteiger partial charge >= 0.3 is 0 Å². The second kappa shape index (κ2) is 10.3. The van der Waals surface area contributed by atoms with Crippen molar-refractivity contribution in [1.29, 1.82) is 0 Å². The summed E-state index contributed by atoms with van der Waals surface area (Å²) in [4.78, 5) is 24.5. The zero-order chi connectivity index (χ0) is 22.3. The Balaban J connectivity index is 1.91. The normalized spacial score (nSPS) is 11.1. The molecule has 2 aromatic rings. The lowest BCUT2D eigenvalue weighted by atomic mass is 9.87. The number of rotatable bonds is 9. The van der Waals surface area contributed by atoms with E-state index in [-0.39, 0.29) is 11.8 Å². The number of ether oxygens (including phenoxy) is 1. The Morgan fingerprint density at radius 3 is 2.37 bits per heavy atom. The second-order valence-electron chi connectivity index (χ2n) is 8.49. The molecule has 5 heteroatoms. The van der Waals surface area contributed by atoms with Gasteiger partial charge in [-0.05, 0) is 68.5 Å². The SMILES string of the molecule is CCC(=O)Nc1cc(NC(=O)C(C)(C)CCCOc2cc(C)ccc2C)ccc1C. The van der Waals surface area contributed by atoms with Crippen molar-refractivity contribution in [2.24, 2.45) is 5.41 Å². The first-order valence-corrected chi connectivity index (χ1v) is 10.5. The van der Waals surface area contributed by atoms with Gasteiger partial charge in [-0.1, -0.05) is 39.0 Å². The average Bonchev–Trinajstić information content (AvgIpc) is 2.70. The highest BCUT2D eigenvalue weighted by atomic mass is 16.5. The van der Waals surface area contributed by atoms with Crippen LogP contribution in [-0.2, 0) is 9.59 Å². The topological polar surface area (TPSA) is 67.4 Å². The number of amides is 2. The minimum absolute atomic E-state index is 0.0501. The van der Waals surface area contributed by atoms with Crippen molar-refractivity contribution in [1.82, 2.24) is 0 Å². The van der Waals surface area contributed by atoms with E-state index < -0.39 is 5.41 Å². The summed E-state index contributed by atoms with van der Waals surface area (Å²) in [7, 11) is 0. The third-order valence-electron chi connectivity index (χ3n) is 5.25. The summed E-state index contributed by atoms with van der Waals surface area (Å²) in [5.74, 6) is 0.801. The molecule has 0 saturated carbocycles. The monoisotopic (exact) mass is 410 g/mol. The maximum absolute atomic E-state index is 12.8. The van der Waals surface area contributed by atoms with Crippen LogP contribution in [0.2, 0.25) is 0 Å². The molecule has 0 atom stereocenters. The molecule has 162 valence electrons. The van der Waals surface area contributed by atoms with Gasteiger partial charge in [-0.15, -0.1) is 0 Å². The molecular formula is C25H34N2O3. The van der Waals surface area contributed by atoms with Crippen molar-refractivity contribution in [3.8, 4) is 5.75 Å². The molecular weight excluding hydrogens is 376 g/mol. The van der Waals surface area contributed by atoms with Crippen LogP contribution < -0.4 is 15.4 Å². The first-order chi connectivity index (χ1) is 14.1. The number of carbonyl (C=O) groups is 2. The first-order valence-electron chi connectivity index (χ1n) is 10.5. The van der Waals surface area contributed by atoms with E-state index in [0.717, 1.165) is 29.0 Å². The first kappa shape index (κ1) is 23.5. The summed E-state index contributed by atoms with van der Waals surface area (Å²) in [5, 5.41) is 5.86. The fourth-order valence-corrected chi connectivity index (χ4v) is 3.05. The molecule has 0 aromatic heterocycles. The van der Waals surface area contributed by atoms with Crippen LogP contribution >= 0.6 is 0 Å². The molecule has 2 aromatic carbocycles. The standard InChI is InChI=1S/C25H34N2O3/c1-7-23(28)27-21-16-20(12-11-18(21)3)26-24(29)25(5,6)13-8-14-30-22-15-17(2)9-10-19(22)4/h9-12,15-16H,7-8,13-14H2,1-6H3,(H,26,29)(H,27,28). The predicted octanol–water partition coefficient (Wildman–Crippen LogP) is 5.78. The molecule has 0 radical (unpaired) electrons. The second-order valence-corrected chi connectivity index (χ2v) is 8.49. The van der Waals surface area contributed by atoms with E-state index in [2.05, 4.69) is 22.8 Å². The molecule has 2 N–H and O–H groups in total. The number of hydrogen-bond acceptors (Lipinski definition) is 3. The van der Waals surface area contributed by atoms with E-state index in [1.807, 2.05) is 59.7 Å². The Bertz CT molecular complexity index is 903. The van der Waals surface area contributed by atoms with Crippen LogP contribution in [-0.4, -0.2) is 18.4 Å². The number of hydrogen-bond donors (Lipinski definition) is 2. The van der Waals surface area contributed by atoms with Crippen molar-refractivity contribution in [2.75, 3.05) is 17.2 Å². The summed E-state index contributed by atoms with van der Waals surface area (Å²) in [6, 6.07) is 11.7. The van der Waals surface area contributed by atoms with Crippen molar-refractivity contribution in [3.63, 3.8) is 0 Å². The summed E-state index contributed by atoms with van der Waals surface area (Å²) in [6.07, 6.45) is 1.89. The molecule has 0 aliphatic rings. The Hall–Kier alpha value is -2.82.